The van der Waals surface area contributed by atoms with E-state index in [-0.39, 0.29) is 0 Å². The molecule has 5 heteroatoms. The molecular formula is C20H20N2O2S. The molecule has 1 aliphatic rings. The highest BCUT2D eigenvalue weighted by molar-refractivity contribution is 7.13. The van der Waals surface area contributed by atoms with E-state index in [4.69, 9.17) is 14.5 Å². The summed E-state index contributed by atoms with van der Waals surface area (Å²) in [5, 5.41) is 3.21. The topological polar surface area (TPSA) is 34.6 Å². The Morgan fingerprint density at radius 3 is 2.64 bits per heavy atom. The number of hydrogen-bond acceptors (Lipinski definition) is 5. The molecule has 128 valence electrons. The highest BCUT2D eigenvalue weighted by atomic mass is 32.1. The van der Waals surface area contributed by atoms with E-state index in [0.29, 0.717) is 13.2 Å². The van der Waals surface area contributed by atoms with Gasteiger partial charge in [-0.05, 0) is 24.7 Å². The molecule has 4 nitrogen and oxygen atoms in total. The summed E-state index contributed by atoms with van der Waals surface area (Å²) >= 11 is 1.70. The van der Waals surface area contributed by atoms with Crippen LogP contribution in [0.4, 0.5) is 0 Å². The Hall–Kier alpha value is -2.37. The van der Waals surface area contributed by atoms with Gasteiger partial charge in [0.05, 0.1) is 5.69 Å². The van der Waals surface area contributed by atoms with Crippen LogP contribution in [0.15, 0.2) is 53.9 Å². The van der Waals surface area contributed by atoms with Gasteiger partial charge >= 0.3 is 0 Å². The van der Waals surface area contributed by atoms with Gasteiger partial charge in [-0.15, -0.1) is 11.3 Å². The lowest BCUT2D eigenvalue weighted by Crippen LogP contribution is -2.18. The number of fused-ring (bicyclic) bond motifs is 1. The van der Waals surface area contributed by atoms with Gasteiger partial charge in [-0.3, -0.25) is 4.90 Å². The zero-order valence-corrected chi connectivity index (χ0v) is 15.0. The standard InChI is InChI=1S/C20H20N2O2S/c1-22(12-15-7-8-18-19(11-15)24-10-9-23-18)13-17-14-25-20(21-17)16-5-3-2-4-6-16/h2-8,11,14H,9-10,12-13H2,1H3. The Morgan fingerprint density at radius 1 is 1.00 bits per heavy atom. The fourth-order valence-electron chi connectivity index (χ4n) is 2.92. The fourth-order valence-corrected chi connectivity index (χ4v) is 3.74. The number of hydrogen-bond donors (Lipinski definition) is 0. The number of aromatic nitrogens is 1. The van der Waals surface area contributed by atoms with Crippen molar-refractivity contribution in [3.8, 4) is 22.1 Å². The van der Waals surface area contributed by atoms with Crippen molar-refractivity contribution in [1.82, 2.24) is 9.88 Å². The third-order valence-corrected chi connectivity index (χ3v) is 5.00. The zero-order chi connectivity index (χ0) is 17.1. The number of nitrogens with zero attached hydrogens (tertiary/aromatic N) is 2. The molecule has 0 aliphatic carbocycles. The highest BCUT2D eigenvalue weighted by Gasteiger charge is 2.13. The van der Waals surface area contributed by atoms with Crippen LogP contribution >= 0.6 is 11.3 Å². The Bertz CT molecular complexity index is 848. The number of rotatable bonds is 5. The number of thiazole rings is 1. The van der Waals surface area contributed by atoms with Crippen molar-refractivity contribution in [3.05, 3.63) is 65.2 Å². The van der Waals surface area contributed by atoms with Crippen LogP contribution in [-0.4, -0.2) is 30.1 Å². The summed E-state index contributed by atoms with van der Waals surface area (Å²) < 4.78 is 11.2. The third-order valence-electron chi connectivity index (χ3n) is 4.06. The molecule has 25 heavy (non-hydrogen) atoms. The largest absolute Gasteiger partial charge is 0.486 e. The van der Waals surface area contributed by atoms with Gasteiger partial charge in [0.25, 0.3) is 0 Å². The van der Waals surface area contributed by atoms with E-state index in [1.807, 2.05) is 24.3 Å². The minimum absolute atomic E-state index is 0.618. The Morgan fingerprint density at radius 2 is 1.80 bits per heavy atom. The quantitative estimate of drug-likeness (QED) is 0.689. The minimum atomic E-state index is 0.618. The van der Waals surface area contributed by atoms with Gasteiger partial charge in [0.1, 0.15) is 18.2 Å². The molecule has 0 spiro atoms. The molecule has 0 unspecified atom stereocenters. The maximum Gasteiger partial charge on any atom is 0.161 e. The lowest BCUT2D eigenvalue weighted by atomic mass is 10.2. The first-order valence-electron chi connectivity index (χ1n) is 8.35. The second-order valence-corrected chi connectivity index (χ2v) is 7.02. The molecule has 2 aromatic carbocycles. The van der Waals surface area contributed by atoms with Crippen LogP contribution in [0.5, 0.6) is 11.5 Å². The van der Waals surface area contributed by atoms with E-state index >= 15 is 0 Å². The fraction of sp³-hybridized carbons (Fsp3) is 0.250. The average Bonchev–Trinajstić information content (AvgIpc) is 3.10. The molecule has 0 amide bonds. The van der Waals surface area contributed by atoms with Crippen LogP contribution in [0.25, 0.3) is 10.6 Å². The summed E-state index contributed by atoms with van der Waals surface area (Å²) in [4.78, 5) is 7.02. The molecule has 0 saturated heterocycles. The van der Waals surface area contributed by atoms with E-state index in [1.54, 1.807) is 11.3 Å². The van der Waals surface area contributed by atoms with Gasteiger partial charge in [-0.2, -0.15) is 0 Å². The number of ether oxygens (including phenoxy) is 2. The molecule has 1 aliphatic heterocycles. The van der Waals surface area contributed by atoms with E-state index < -0.39 is 0 Å². The molecule has 0 fully saturated rings. The van der Waals surface area contributed by atoms with Crippen molar-refractivity contribution in [2.75, 3.05) is 20.3 Å². The van der Waals surface area contributed by atoms with E-state index in [0.717, 1.165) is 35.3 Å². The first-order chi connectivity index (χ1) is 12.3. The Kier molecular flexibility index (Phi) is 4.68. The summed E-state index contributed by atoms with van der Waals surface area (Å²) in [5.41, 5.74) is 3.49. The van der Waals surface area contributed by atoms with Crippen molar-refractivity contribution < 1.29 is 9.47 Å². The predicted molar refractivity (Wildman–Crippen MR) is 100 cm³/mol. The molecule has 0 radical (unpaired) electrons. The van der Waals surface area contributed by atoms with Gasteiger partial charge < -0.3 is 9.47 Å². The van der Waals surface area contributed by atoms with Crippen LogP contribution in [0, 0.1) is 0 Å². The van der Waals surface area contributed by atoms with Gasteiger partial charge in [-0.1, -0.05) is 36.4 Å². The summed E-state index contributed by atoms with van der Waals surface area (Å²) in [6, 6.07) is 16.5. The number of benzene rings is 2. The molecule has 1 aromatic heterocycles. The van der Waals surface area contributed by atoms with Gasteiger partial charge in [0, 0.05) is 24.0 Å². The van der Waals surface area contributed by atoms with Gasteiger partial charge in [-0.25, -0.2) is 4.98 Å². The van der Waals surface area contributed by atoms with Gasteiger partial charge in [0.15, 0.2) is 11.5 Å². The zero-order valence-electron chi connectivity index (χ0n) is 14.1. The normalized spacial score (nSPS) is 13.2. The van der Waals surface area contributed by atoms with Crippen LogP contribution in [0.1, 0.15) is 11.3 Å². The lowest BCUT2D eigenvalue weighted by molar-refractivity contribution is 0.171. The minimum Gasteiger partial charge on any atom is -0.486 e. The van der Waals surface area contributed by atoms with E-state index in [9.17, 15) is 0 Å². The molecule has 0 bridgehead atoms. The van der Waals surface area contributed by atoms with Crippen molar-refractivity contribution in [3.63, 3.8) is 0 Å². The lowest BCUT2D eigenvalue weighted by Gasteiger charge is -2.20. The summed E-state index contributed by atoms with van der Waals surface area (Å²) in [6.45, 7) is 2.90. The smallest absolute Gasteiger partial charge is 0.161 e. The van der Waals surface area contributed by atoms with Gasteiger partial charge in [0.2, 0.25) is 0 Å². The monoisotopic (exact) mass is 352 g/mol. The van der Waals surface area contributed by atoms with Crippen molar-refractivity contribution in [2.24, 2.45) is 0 Å². The molecule has 0 atom stereocenters. The average molecular weight is 352 g/mol. The predicted octanol–water partition coefficient (Wildman–Crippen LogP) is 4.21. The second kappa shape index (κ2) is 7.25. The molecule has 4 rings (SSSR count). The van der Waals surface area contributed by atoms with E-state index in [1.165, 1.54) is 11.1 Å². The molecule has 3 aromatic rings. The highest BCUT2D eigenvalue weighted by Crippen LogP contribution is 2.31. The van der Waals surface area contributed by atoms with Crippen molar-refractivity contribution >= 4 is 11.3 Å². The molecular weight excluding hydrogens is 332 g/mol. The Balaban J connectivity index is 1.41. The van der Waals surface area contributed by atoms with Crippen LogP contribution in [0.3, 0.4) is 0 Å². The second-order valence-electron chi connectivity index (χ2n) is 6.16. The first kappa shape index (κ1) is 16.1. The van der Waals surface area contributed by atoms with Crippen LogP contribution < -0.4 is 9.47 Å². The third kappa shape index (κ3) is 3.83. The van der Waals surface area contributed by atoms with Crippen molar-refractivity contribution in [2.45, 2.75) is 13.1 Å². The summed E-state index contributed by atoms with van der Waals surface area (Å²) in [5.74, 6) is 1.68. The van der Waals surface area contributed by atoms with E-state index in [2.05, 4.69) is 41.6 Å². The SMILES string of the molecule is CN(Cc1ccc2c(c1)OCCO2)Cc1csc(-c2ccccc2)n1. The van der Waals surface area contributed by atoms with Crippen LogP contribution in [-0.2, 0) is 13.1 Å². The van der Waals surface area contributed by atoms with Crippen LogP contribution in [0.2, 0.25) is 0 Å². The summed E-state index contributed by atoms with van der Waals surface area (Å²) in [7, 11) is 2.11. The maximum absolute atomic E-state index is 5.66. The van der Waals surface area contributed by atoms with Crippen molar-refractivity contribution in [1.29, 1.82) is 0 Å². The molecule has 0 N–H and O–H groups in total. The molecule has 2 heterocycles. The first-order valence-corrected chi connectivity index (χ1v) is 9.23. The maximum atomic E-state index is 5.66. The Labute approximate surface area is 151 Å². The molecule has 0 saturated carbocycles. The summed E-state index contributed by atoms with van der Waals surface area (Å²) in [6.07, 6.45) is 0.